The number of aliphatic hydroxyl groups is 1. The molecule has 1 aromatic heterocycles. The van der Waals surface area contributed by atoms with Crippen LogP contribution < -0.4 is 5.32 Å². The molecule has 1 aliphatic rings. The summed E-state index contributed by atoms with van der Waals surface area (Å²) in [5, 5.41) is 16.4. The third-order valence-electron chi connectivity index (χ3n) is 2.95. The molecule has 1 aliphatic carbocycles. The lowest BCUT2D eigenvalue weighted by atomic mass is 10.1. The highest BCUT2D eigenvalue weighted by Crippen LogP contribution is 2.35. The van der Waals surface area contributed by atoms with Crippen molar-refractivity contribution in [1.29, 1.82) is 0 Å². The van der Waals surface area contributed by atoms with Crippen molar-refractivity contribution >= 4 is 5.69 Å². The standard InChI is InChI=1S/C11H19N3O/c1-2-11(9-3-4-9)13-10-7-12-14(8-10)5-6-15/h7-9,11,13,15H,2-6H2,1H3. The number of hydrogen-bond acceptors (Lipinski definition) is 3. The van der Waals surface area contributed by atoms with Crippen LogP contribution >= 0.6 is 0 Å². The van der Waals surface area contributed by atoms with E-state index in [9.17, 15) is 0 Å². The van der Waals surface area contributed by atoms with Crippen LogP contribution in [-0.4, -0.2) is 27.5 Å². The van der Waals surface area contributed by atoms with Crippen molar-refractivity contribution in [2.24, 2.45) is 5.92 Å². The molecule has 15 heavy (non-hydrogen) atoms. The fourth-order valence-corrected chi connectivity index (χ4v) is 1.93. The zero-order valence-corrected chi connectivity index (χ0v) is 9.19. The Morgan fingerprint density at radius 3 is 3.07 bits per heavy atom. The topological polar surface area (TPSA) is 50.1 Å². The Morgan fingerprint density at radius 1 is 1.67 bits per heavy atom. The highest BCUT2D eigenvalue weighted by molar-refractivity contribution is 5.39. The zero-order valence-electron chi connectivity index (χ0n) is 9.19. The van der Waals surface area contributed by atoms with Gasteiger partial charge >= 0.3 is 0 Å². The van der Waals surface area contributed by atoms with E-state index >= 15 is 0 Å². The molecule has 84 valence electrons. The number of aliphatic hydroxyl groups excluding tert-OH is 1. The third kappa shape index (κ3) is 2.72. The second-order valence-corrected chi connectivity index (χ2v) is 4.21. The average Bonchev–Trinajstić information content (AvgIpc) is 2.98. The van der Waals surface area contributed by atoms with Gasteiger partial charge < -0.3 is 10.4 Å². The van der Waals surface area contributed by atoms with Crippen molar-refractivity contribution in [1.82, 2.24) is 9.78 Å². The van der Waals surface area contributed by atoms with E-state index in [1.807, 2.05) is 12.4 Å². The largest absolute Gasteiger partial charge is 0.394 e. The Morgan fingerprint density at radius 2 is 2.47 bits per heavy atom. The molecule has 1 saturated carbocycles. The molecule has 0 aromatic carbocycles. The Hall–Kier alpha value is -1.03. The molecule has 2 N–H and O–H groups in total. The van der Waals surface area contributed by atoms with Gasteiger partial charge in [0, 0.05) is 12.2 Å². The van der Waals surface area contributed by atoms with Crippen LogP contribution in [0.5, 0.6) is 0 Å². The summed E-state index contributed by atoms with van der Waals surface area (Å²) >= 11 is 0. The van der Waals surface area contributed by atoms with Gasteiger partial charge in [-0.2, -0.15) is 5.10 Å². The quantitative estimate of drug-likeness (QED) is 0.746. The van der Waals surface area contributed by atoms with Gasteiger partial charge in [-0.05, 0) is 25.2 Å². The molecule has 0 saturated heterocycles. The van der Waals surface area contributed by atoms with Gasteiger partial charge in [-0.3, -0.25) is 4.68 Å². The molecule has 4 nitrogen and oxygen atoms in total. The maximum absolute atomic E-state index is 8.77. The fraction of sp³-hybridized carbons (Fsp3) is 0.727. The maximum Gasteiger partial charge on any atom is 0.0728 e. The van der Waals surface area contributed by atoms with Gasteiger partial charge in [-0.15, -0.1) is 0 Å². The Labute approximate surface area is 90.3 Å². The highest BCUT2D eigenvalue weighted by atomic mass is 16.3. The van der Waals surface area contributed by atoms with Crippen molar-refractivity contribution in [3.05, 3.63) is 12.4 Å². The SMILES string of the molecule is CCC(Nc1cnn(CCO)c1)C1CC1. The van der Waals surface area contributed by atoms with Crippen LogP contribution in [0.4, 0.5) is 5.69 Å². The first-order valence-corrected chi connectivity index (χ1v) is 5.73. The van der Waals surface area contributed by atoms with Gasteiger partial charge in [0.05, 0.1) is 25.0 Å². The van der Waals surface area contributed by atoms with Crippen LogP contribution in [0.25, 0.3) is 0 Å². The lowest BCUT2D eigenvalue weighted by molar-refractivity contribution is 0.269. The summed E-state index contributed by atoms with van der Waals surface area (Å²) < 4.78 is 1.77. The van der Waals surface area contributed by atoms with E-state index in [0.717, 1.165) is 18.0 Å². The van der Waals surface area contributed by atoms with Crippen LogP contribution in [0.2, 0.25) is 0 Å². The first-order chi connectivity index (χ1) is 7.33. The van der Waals surface area contributed by atoms with Crippen molar-refractivity contribution in [2.75, 3.05) is 11.9 Å². The molecular weight excluding hydrogens is 190 g/mol. The second-order valence-electron chi connectivity index (χ2n) is 4.21. The summed E-state index contributed by atoms with van der Waals surface area (Å²) in [6.07, 6.45) is 7.67. The van der Waals surface area contributed by atoms with E-state index in [1.165, 1.54) is 12.8 Å². The van der Waals surface area contributed by atoms with Gasteiger partial charge in [0.15, 0.2) is 0 Å². The normalized spacial score (nSPS) is 17.7. The monoisotopic (exact) mass is 209 g/mol. The Kier molecular flexibility index (Phi) is 3.26. The van der Waals surface area contributed by atoms with E-state index < -0.39 is 0 Å². The zero-order chi connectivity index (χ0) is 10.7. The molecule has 4 heteroatoms. The molecule has 2 rings (SSSR count). The number of aromatic nitrogens is 2. The Bertz CT molecular complexity index is 307. The third-order valence-corrected chi connectivity index (χ3v) is 2.95. The summed E-state index contributed by atoms with van der Waals surface area (Å²) in [6, 6.07) is 0.594. The van der Waals surface area contributed by atoms with Gasteiger partial charge in [0.2, 0.25) is 0 Å². The minimum atomic E-state index is 0.140. The molecule has 0 aliphatic heterocycles. The van der Waals surface area contributed by atoms with Crippen molar-refractivity contribution < 1.29 is 5.11 Å². The van der Waals surface area contributed by atoms with Crippen LogP contribution in [0, 0.1) is 5.92 Å². The van der Waals surface area contributed by atoms with Crippen LogP contribution in [0.3, 0.4) is 0 Å². The molecule has 1 atom stereocenters. The van der Waals surface area contributed by atoms with Gasteiger partial charge in [0.1, 0.15) is 0 Å². The summed E-state index contributed by atoms with van der Waals surface area (Å²) in [6.45, 7) is 2.93. The van der Waals surface area contributed by atoms with E-state index in [2.05, 4.69) is 17.3 Å². The average molecular weight is 209 g/mol. The van der Waals surface area contributed by atoms with Crippen LogP contribution in [-0.2, 0) is 6.54 Å². The summed E-state index contributed by atoms with van der Waals surface area (Å²) in [5.41, 5.74) is 1.07. The molecule has 1 fully saturated rings. The fourth-order valence-electron chi connectivity index (χ4n) is 1.93. The Balaban J connectivity index is 1.90. The van der Waals surface area contributed by atoms with E-state index in [0.29, 0.717) is 12.6 Å². The molecule has 1 unspecified atom stereocenters. The van der Waals surface area contributed by atoms with Gasteiger partial charge in [-0.25, -0.2) is 0 Å². The minimum Gasteiger partial charge on any atom is -0.394 e. The predicted octanol–water partition coefficient (Wildman–Crippen LogP) is 1.48. The van der Waals surface area contributed by atoms with Crippen molar-refractivity contribution in [2.45, 2.75) is 38.8 Å². The lowest BCUT2D eigenvalue weighted by Gasteiger charge is -2.15. The number of anilines is 1. The summed E-state index contributed by atoms with van der Waals surface area (Å²) in [5.74, 6) is 0.858. The van der Waals surface area contributed by atoms with E-state index in [4.69, 9.17) is 5.11 Å². The molecule has 1 aromatic rings. The van der Waals surface area contributed by atoms with Crippen LogP contribution in [0.15, 0.2) is 12.4 Å². The maximum atomic E-state index is 8.77. The number of nitrogens with zero attached hydrogens (tertiary/aromatic N) is 2. The lowest BCUT2D eigenvalue weighted by Crippen LogP contribution is -2.20. The van der Waals surface area contributed by atoms with E-state index in [1.54, 1.807) is 4.68 Å². The molecule has 0 bridgehead atoms. The summed E-state index contributed by atoms with van der Waals surface area (Å²) in [4.78, 5) is 0. The van der Waals surface area contributed by atoms with E-state index in [-0.39, 0.29) is 6.61 Å². The minimum absolute atomic E-state index is 0.140. The smallest absolute Gasteiger partial charge is 0.0728 e. The number of nitrogens with one attached hydrogen (secondary N) is 1. The van der Waals surface area contributed by atoms with Crippen molar-refractivity contribution in [3.63, 3.8) is 0 Å². The second kappa shape index (κ2) is 4.66. The molecule has 0 amide bonds. The van der Waals surface area contributed by atoms with Gasteiger partial charge in [-0.1, -0.05) is 6.92 Å². The molecular formula is C11H19N3O. The number of rotatable bonds is 6. The molecule has 0 radical (unpaired) electrons. The highest BCUT2D eigenvalue weighted by Gasteiger charge is 2.29. The van der Waals surface area contributed by atoms with Crippen LogP contribution in [0.1, 0.15) is 26.2 Å². The first kappa shape index (κ1) is 10.5. The predicted molar refractivity (Wildman–Crippen MR) is 59.7 cm³/mol. The first-order valence-electron chi connectivity index (χ1n) is 5.73. The van der Waals surface area contributed by atoms with Gasteiger partial charge in [0.25, 0.3) is 0 Å². The van der Waals surface area contributed by atoms with Crippen molar-refractivity contribution in [3.8, 4) is 0 Å². The summed E-state index contributed by atoms with van der Waals surface area (Å²) in [7, 11) is 0. The number of hydrogen-bond donors (Lipinski definition) is 2. The molecule has 0 spiro atoms. The molecule has 1 heterocycles.